The zero-order valence-electron chi connectivity index (χ0n) is 14.6. The van der Waals surface area contributed by atoms with Crippen LogP contribution in [-0.4, -0.2) is 41.2 Å². The quantitative estimate of drug-likeness (QED) is 0.670. The minimum absolute atomic E-state index is 0.0858. The number of thioether (sulfide) groups is 1. The molecule has 0 saturated heterocycles. The third kappa shape index (κ3) is 3.44. The standard InChI is InChI=1S/C16H14N2O6S4/c1-7-3-9(15(28(22,23)24)6-14(7)27(19,20)21)16-18-11-5-12-10(4-13(11)26-16)17-8(2)25-12/h3-4,6,12H,5H2,1-2H3,(H,19,20,21)(H,22,23,24). The van der Waals surface area contributed by atoms with Gasteiger partial charge in [-0.2, -0.15) is 16.8 Å². The van der Waals surface area contributed by atoms with Crippen molar-refractivity contribution < 1.29 is 25.9 Å². The molecular weight excluding hydrogens is 444 g/mol. The van der Waals surface area contributed by atoms with Gasteiger partial charge >= 0.3 is 0 Å². The van der Waals surface area contributed by atoms with Gasteiger partial charge in [0.2, 0.25) is 0 Å². The van der Waals surface area contributed by atoms with E-state index in [9.17, 15) is 25.9 Å². The number of nitrogens with zero attached hydrogens (tertiary/aromatic N) is 2. The van der Waals surface area contributed by atoms with Crippen molar-refractivity contribution in [2.45, 2.75) is 35.3 Å². The Kier molecular flexibility index (Phi) is 4.56. The molecule has 4 rings (SSSR count). The predicted octanol–water partition coefficient (Wildman–Crippen LogP) is 3.04. The second-order valence-corrected chi connectivity index (χ2v) is 11.6. The van der Waals surface area contributed by atoms with Crippen molar-refractivity contribution in [1.29, 1.82) is 0 Å². The Morgan fingerprint density at radius 3 is 2.39 bits per heavy atom. The molecular formula is C16H14N2O6S4. The van der Waals surface area contributed by atoms with E-state index in [4.69, 9.17) is 0 Å². The topological polar surface area (TPSA) is 134 Å². The summed E-state index contributed by atoms with van der Waals surface area (Å²) in [5, 5.41) is 1.49. The van der Waals surface area contributed by atoms with Gasteiger partial charge in [-0.15, -0.1) is 23.1 Å². The normalized spacial score (nSPS) is 19.1. The van der Waals surface area contributed by atoms with Gasteiger partial charge in [0, 0.05) is 12.0 Å². The molecule has 1 aliphatic carbocycles. The van der Waals surface area contributed by atoms with Gasteiger partial charge in [0.15, 0.2) is 0 Å². The second-order valence-electron chi connectivity index (χ2n) is 6.40. The molecule has 1 atom stereocenters. The first-order chi connectivity index (χ1) is 12.9. The molecule has 0 bridgehead atoms. The summed E-state index contributed by atoms with van der Waals surface area (Å²) in [5.74, 6) is 0. The fourth-order valence-electron chi connectivity index (χ4n) is 3.19. The Morgan fingerprint density at radius 2 is 1.75 bits per heavy atom. The molecule has 2 heterocycles. The maximum absolute atomic E-state index is 11.9. The first kappa shape index (κ1) is 19.7. The fraction of sp³-hybridized carbons (Fsp3) is 0.250. The number of aryl methyl sites for hydroxylation is 1. The highest BCUT2D eigenvalue weighted by Crippen LogP contribution is 2.42. The van der Waals surface area contributed by atoms with Crippen LogP contribution in [0.1, 0.15) is 23.1 Å². The zero-order chi connectivity index (χ0) is 20.4. The molecule has 0 amide bonds. The summed E-state index contributed by atoms with van der Waals surface area (Å²) >= 11 is 2.89. The van der Waals surface area contributed by atoms with Crippen LogP contribution in [-0.2, 0) is 26.7 Å². The number of aliphatic imine (C=N–C) groups is 1. The second kappa shape index (κ2) is 6.47. The lowest BCUT2D eigenvalue weighted by Gasteiger charge is -2.13. The molecule has 0 fully saturated rings. The summed E-state index contributed by atoms with van der Waals surface area (Å²) in [5.41, 5.74) is 1.97. The largest absolute Gasteiger partial charge is 0.295 e. The van der Waals surface area contributed by atoms with Gasteiger partial charge in [-0.05, 0) is 37.6 Å². The van der Waals surface area contributed by atoms with Crippen molar-refractivity contribution in [2.75, 3.05) is 0 Å². The molecule has 1 aromatic heterocycles. The molecule has 28 heavy (non-hydrogen) atoms. The SMILES string of the molecule is CC1=NC2=Cc3sc(-c4cc(C)c(S(=O)(=O)O)cc4S(=O)(=O)O)nc3CC2S1. The molecule has 2 aromatic rings. The fourth-order valence-corrected chi connectivity index (χ4v) is 6.89. The molecule has 1 aliphatic heterocycles. The van der Waals surface area contributed by atoms with Gasteiger partial charge in [0.1, 0.15) is 9.90 Å². The van der Waals surface area contributed by atoms with E-state index in [1.165, 1.54) is 24.3 Å². The minimum Gasteiger partial charge on any atom is -0.282 e. The number of hydrogen-bond donors (Lipinski definition) is 2. The van der Waals surface area contributed by atoms with Crippen molar-refractivity contribution in [3.63, 3.8) is 0 Å². The van der Waals surface area contributed by atoms with Crippen LogP contribution in [0.3, 0.4) is 0 Å². The van der Waals surface area contributed by atoms with Crippen LogP contribution in [0.4, 0.5) is 0 Å². The van der Waals surface area contributed by atoms with E-state index in [0.29, 0.717) is 11.4 Å². The third-order valence-electron chi connectivity index (χ3n) is 4.38. The van der Waals surface area contributed by atoms with Crippen molar-refractivity contribution in [3.05, 3.63) is 34.0 Å². The monoisotopic (exact) mass is 458 g/mol. The summed E-state index contributed by atoms with van der Waals surface area (Å²) in [6.45, 7) is 3.36. The van der Waals surface area contributed by atoms with E-state index in [-0.39, 0.29) is 16.4 Å². The Morgan fingerprint density at radius 1 is 1.07 bits per heavy atom. The van der Waals surface area contributed by atoms with Crippen LogP contribution in [0.5, 0.6) is 0 Å². The summed E-state index contributed by atoms with van der Waals surface area (Å²) in [6, 6.07) is 2.05. The van der Waals surface area contributed by atoms with Crippen LogP contribution >= 0.6 is 23.1 Å². The van der Waals surface area contributed by atoms with E-state index in [1.54, 1.807) is 11.8 Å². The molecule has 0 spiro atoms. The lowest BCUT2D eigenvalue weighted by molar-refractivity contribution is 0.481. The van der Waals surface area contributed by atoms with E-state index in [1.807, 2.05) is 13.0 Å². The molecule has 2 aliphatic rings. The van der Waals surface area contributed by atoms with Crippen LogP contribution in [0.2, 0.25) is 0 Å². The van der Waals surface area contributed by atoms with E-state index < -0.39 is 30.0 Å². The Balaban J connectivity index is 1.90. The maximum Gasteiger partial charge on any atom is 0.295 e. The Hall–Kier alpha value is -1.57. The molecule has 8 nitrogen and oxygen atoms in total. The van der Waals surface area contributed by atoms with E-state index in [2.05, 4.69) is 9.98 Å². The predicted molar refractivity (Wildman–Crippen MR) is 108 cm³/mol. The zero-order valence-corrected chi connectivity index (χ0v) is 17.8. The highest BCUT2D eigenvalue weighted by Gasteiger charge is 2.31. The van der Waals surface area contributed by atoms with Gasteiger partial charge < -0.3 is 0 Å². The van der Waals surface area contributed by atoms with Gasteiger partial charge in [0.05, 0.1) is 31.5 Å². The molecule has 0 radical (unpaired) electrons. The number of rotatable bonds is 3. The maximum atomic E-state index is 11.9. The molecule has 2 N–H and O–H groups in total. The van der Waals surface area contributed by atoms with Gasteiger partial charge in [-0.25, -0.2) is 4.98 Å². The van der Waals surface area contributed by atoms with E-state index >= 15 is 0 Å². The van der Waals surface area contributed by atoms with Crippen LogP contribution in [0.15, 0.2) is 32.6 Å². The van der Waals surface area contributed by atoms with Crippen LogP contribution < -0.4 is 0 Å². The molecule has 148 valence electrons. The number of hydrogen-bond acceptors (Lipinski definition) is 8. The van der Waals surface area contributed by atoms with Crippen LogP contribution in [0.25, 0.3) is 16.6 Å². The lowest BCUT2D eigenvalue weighted by Crippen LogP contribution is -2.11. The summed E-state index contributed by atoms with van der Waals surface area (Å²) < 4.78 is 65.7. The number of thiazole rings is 1. The summed E-state index contributed by atoms with van der Waals surface area (Å²) in [7, 11) is -9.41. The lowest BCUT2D eigenvalue weighted by atomic mass is 10.1. The van der Waals surface area contributed by atoms with Crippen molar-refractivity contribution in [2.24, 2.45) is 4.99 Å². The average Bonchev–Trinajstić information content (AvgIpc) is 3.10. The number of fused-ring (bicyclic) bond motifs is 2. The average molecular weight is 459 g/mol. The van der Waals surface area contributed by atoms with Crippen molar-refractivity contribution in [3.8, 4) is 10.6 Å². The highest BCUT2D eigenvalue weighted by molar-refractivity contribution is 8.14. The summed E-state index contributed by atoms with van der Waals surface area (Å²) in [4.78, 5) is 8.67. The van der Waals surface area contributed by atoms with Gasteiger partial charge in [-0.3, -0.25) is 14.1 Å². The van der Waals surface area contributed by atoms with Gasteiger partial charge in [0.25, 0.3) is 20.2 Å². The number of benzene rings is 1. The smallest absolute Gasteiger partial charge is 0.282 e. The first-order valence-electron chi connectivity index (χ1n) is 7.97. The third-order valence-corrected chi connectivity index (χ3v) is 8.47. The minimum atomic E-state index is -4.76. The van der Waals surface area contributed by atoms with Crippen molar-refractivity contribution >= 4 is 54.5 Å². The summed E-state index contributed by atoms with van der Waals surface area (Å²) in [6.07, 6.45) is 2.56. The van der Waals surface area contributed by atoms with Crippen LogP contribution in [0, 0.1) is 6.92 Å². The highest BCUT2D eigenvalue weighted by atomic mass is 32.2. The Bertz CT molecular complexity index is 1290. The Labute approximate surface area is 169 Å². The molecule has 1 aromatic carbocycles. The first-order valence-corrected chi connectivity index (χ1v) is 12.5. The number of aromatic nitrogens is 1. The van der Waals surface area contributed by atoms with Gasteiger partial charge in [-0.1, -0.05) is 0 Å². The van der Waals surface area contributed by atoms with E-state index in [0.717, 1.165) is 27.4 Å². The van der Waals surface area contributed by atoms with Crippen molar-refractivity contribution in [1.82, 2.24) is 4.98 Å². The molecule has 0 saturated carbocycles. The molecule has 12 heteroatoms. The molecule has 1 unspecified atom stereocenters.